The summed E-state index contributed by atoms with van der Waals surface area (Å²) in [5.41, 5.74) is 1.78. The molecule has 10 heteroatoms. The second-order valence-electron chi connectivity index (χ2n) is 7.81. The number of benzene rings is 2. The van der Waals surface area contributed by atoms with Gasteiger partial charge in [-0.05, 0) is 48.0 Å². The van der Waals surface area contributed by atoms with Gasteiger partial charge in [0.15, 0.2) is 5.69 Å². The SMILES string of the molecule is CCC(=O)Cc1cnc(Nc2ccc(Oc3ccc(C#N)nn3)cc2)n(Cc2ccc(Cl)cc2)c1=O. The highest BCUT2D eigenvalue weighted by Crippen LogP contribution is 2.23. The summed E-state index contributed by atoms with van der Waals surface area (Å²) in [6, 6.07) is 19.1. The summed E-state index contributed by atoms with van der Waals surface area (Å²) < 4.78 is 7.15. The molecule has 2 aromatic carbocycles. The predicted octanol–water partition coefficient (Wildman–Crippen LogP) is 4.66. The maximum Gasteiger partial charge on any atom is 0.258 e. The first kappa shape index (κ1) is 24.6. The number of aromatic nitrogens is 4. The summed E-state index contributed by atoms with van der Waals surface area (Å²) in [6.45, 7) is 2.01. The van der Waals surface area contributed by atoms with Gasteiger partial charge in [0.2, 0.25) is 11.8 Å². The smallest absolute Gasteiger partial charge is 0.258 e. The standard InChI is InChI=1S/C26H21ClN6O3/c1-2-22(34)13-18-15-29-26(33(25(18)35)16-17-3-5-19(27)6-4-17)30-20-7-10-23(11-8-20)36-24-12-9-21(14-28)31-32-24/h3-12,15H,2,13,16H2,1H3,(H,29,30). The molecule has 0 amide bonds. The zero-order valence-corrected chi connectivity index (χ0v) is 20.1. The Morgan fingerprint density at radius 1 is 1.08 bits per heavy atom. The van der Waals surface area contributed by atoms with Crippen LogP contribution in [-0.4, -0.2) is 25.5 Å². The summed E-state index contributed by atoms with van der Waals surface area (Å²) in [5.74, 6) is 1.06. The summed E-state index contributed by atoms with van der Waals surface area (Å²) in [6.07, 6.45) is 1.82. The van der Waals surface area contributed by atoms with Crippen LogP contribution in [0.2, 0.25) is 5.02 Å². The van der Waals surface area contributed by atoms with Crippen LogP contribution in [0.25, 0.3) is 0 Å². The van der Waals surface area contributed by atoms with Gasteiger partial charge in [-0.3, -0.25) is 14.2 Å². The topological polar surface area (TPSA) is 123 Å². The Morgan fingerprint density at radius 2 is 1.83 bits per heavy atom. The number of carbonyl (C=O) groups excluding carboxylic acids is 1. The molecular weight excluding hydrogens is 480 g/mol. The van der Waals surface area contributed by atoms with Gasteiger partial charge in [-0.1, -0.05) is 30.7 Å². The normalized spacial score (nSPS) is 10.5. The average Bonchev–Trinajstić information content (AvgIpc) is 2.90. The van der Waals surface area contributed by atoms with Gasteiger partial charge < -0.3 is 10.1 Å². The van der Waals surface area contributed by atoms with E-state index < -0.39 is 0 Å². The van der Waals surface area contributed by atoms with E-state index in [4.69, 9.17) is 21.6 Å². The molecule has 4 rings (SSSR count). The third-order valence-corrected chi connectivity index (χ3v) is 5.49. The largest absolute Gasteiger partial charge is 0.438 e. The Balaban J connectivity index is 1.58. The lowest BCUT2D eigenvalue weighted by Gasteiger charge is -2.15. The first-order chi connectivity index (χ1) is 17.4. The van der Waals surface area contributed by atoms with Crippen molar-refractivity contribution < 1.29 is 9.53 Å². The molecular formula is C26H21ClN6O3. The molecule has 0 spiro atoms. The van der Waals surface area contributed by atoms with E-state index in [2.05, 4.69) is 20.5 Å². The van der Waals surface area contributed by atoms with Crippen LogP contribution in [0.15, 0.2) is 71.7 Å². The van der Waals surface area contributed by atoms with E-state index >= 15 is 0 Å². The number of rotatable bonds is 9. The van der Waals surface area contributed by atoms with E-state index in [0.29, 0.717) is 34.4 Å². The molecule has 2 aromatic heterocycles. The summed E-state index contributed by atoms with van der Waals surface area (Å²) in [4.78, 5) is 29.7. The summed E-state index contributed by atoms with van der Waals surface area (Å²) in [5, 5.41) is 20.2. The second-order valence-corrected chi connectivity index (χ2v) is 8.25. The van der Waals surface area contributed by atoms with Crippen molar-refractivity contribution in [1.29, 1.82) is 5.26 Å². The molecule has 1 N–H and O–H groups in total. The minimum absolute atomic E-state index is 0.0322. The van der Waals surface area contributed by atoms with Crippen LogP contribution in [0, 0.1) is 11.3 Å². The van der Waals surface area contributed by atoms with Gasteiger partial charge in [-0.25, -0.2) is 4.98 Å². The molecule has 0 fully saturated rings. The Labute approximate surface area is 212 Å². The lowest BCUT2D eigenvalue weighted by Crippen LogP contribution is -2.28. The molecule has 0 aliphatic carbocycles. The lowest BCUT2D eigenvalue weighted by molar-refractivity contribution is -0.118. The van der Waals surface area contributed by atoms with Crippen molar-refractivity contribution in [3.8, 4) is 17.7 Å². The van der Waals surface area contributed by atoms with Crippen LogP contribution in [0.1, 0.15) is 30.2 Å². The van der Waals surface area contributed by atoms with Crippen LogP contribution in [0.3, 0.4) is 0 Å². The fourth-order valence-electron chi connectivity index (χ4n) is 3.30. The molecule has 9 nitrogen and oxygen atoms in total. The van der Waals surface area contributed by atoms with E-state index in [9.17, 15) is 9.59 Å². The number of nitrogens with zero attached hydrogens (tertiary/aromatic N) is 5. The molecule has 0 saturated heterocycles. The molecule has 0 aliphatic rings. The monoisotopic (exact) mass is 500 g/mol. The van der Waals surface area contributed by atoms with E-state index in [1.54, 1.807) is 49.4 Å². The minimum Gasteiger partial charge on any atom is -0.438 e. The van der Waals surface area contributed by atoms with Crippen molar-refractivity contribution >= 4 is 29.0 Å². The number of ether oxygens (including phenoxy) is 1. The predicted molar refractivity (Wildman–Crippen MR) is 135 cm³/mol. The van der Waals surface area contributed by atoms with E-state index in [-0.39, 0.29) is 35.9 Å². The van der Waals surface area contributed by atoms with E-state index in [1.807, 2.05) is 18.2 Å². The Hall–Kier alpha value is -4.55. The first-order valence-corrected chi connectivity index (χ1v) is 11.5. The van der Waals surface area contributed by atoms with Crippen molar-refractivity contribution in [2.45, 2.75) is 26.3 Å². The molecule has 0 radical (unpaired) electrons. The third kappa shape index (κ3) is 6.11. The Morgan fingerprint density at radius 3 is 2.47 bits per heavy atom. The summed E-state index contributed by atoms with van der Waals surface area (Å²) in [7, 11) is 0. The van der Waals surface area contributed by atoms with Crippen LogP contribution in [0.5, 0.6) is 11.6 Å². The minimum atomic E-state index is -0.288. The maximum atomic E-state index is 13.3. The fraction of sp³-hybridized carbons (Fsp3) is 0.154. The zero-order chi connectivity index (χ0) is 25.5. The Bertz CT molecular complexity index is 1460. The number of hydrogen-bond acceptors (Lipinski definition) is 8. The number of nitriles is 1. The van der Waals surface area contributed by atoms with Crippen molar-refractivity contribution in [3.63, 3.8) is 0 Å². The molecule has 0 unspecified atom stereocenters. The van der Waals surface area contributed by atoms with Gasteiger partial charge in [0.05, 0.1) is 6.54 Å². The molecule has 2 heterocycles. The number of halogens is 1. The Kier molecular flexibility index (Phi) is 7.68. The highest BCUT2D eigenvalue weighted by molar-refractivity contribution is 6.30. The number of nitrogens with one attached hydrogen (secondary N) is 1. The molecule has 0 aliphatic heterocycles. The fourth-order valence-corrected chi connectivity index (χ4v) is 3.43. The van der Waals surface area contributed by atoms with Gasteiger partial charge in [-0.15, -0.1) is 10.2 Å². The number of hydrogen-bond donors (Lipinski definition) is 1. The number of carbonyl (C=O) groups is 1. The van der Waals surface area contributed by atoms with Crippen LogP contribution in [-0.2, 0) is 17.8 Å². The van der Waals surface area contributed by atoms with Crippen molar-refractivity contribution in [2.24, 2.45) is 0 Å². The van der Waals surface area contributed by atoms with Crippen molar-refractivity contribution in [1.82, 2.24) is 19.7 Å². The van der Waals surface area contributed by atoms with Crippen LogP contribution >= 0.6 is 11.6 Å². The highest BCUT2D eigenvalue weighted by Gasteiger charge is 2.14. The molecule has 180 valence electrons. The zero-order valence-electron chi connectivity index (χ0n) is 19.3. The average molecular weight is 501 g/mol. The maximum absolute atomic E-state index is 13.3. The lowest BCUT2D eigenvalue weighted by atomic mass is 10.1. The van der Waals surface area contributed by atoms with E-state index in [0.717, 1.165) is 5.56 Å². The molecule has 4 aromatic rings. The van der Waals surface area contributed by atoms with E-state index in [1.165, 1.54) is 16.8 Å². The van der Waals surface area contributed by atoms with Crippen molar-refractivity contribution in [3.05, 3.63) is 99.1 Å². The van der Waals surface area contributed by atoms with Gasteiger partial charge in [0, 0.05) is 41.4 Å². The van der Waals surface area contributed by atoms with Gasteiger partial charge >= 0.3 is 0 Å². The summed E-state index contributed by atoms with van der Waals surface area (Å²) >= 11 is 6.00. The van der Waals surface area contributed by atoms with Crippen molar-refractivity contribution in [2.75, 3.05) is 5.32 Å². The molecule has 0 saturated carbocycles. The van der Waals surface area contributed by atoms with Crippen LogP contribution in [0.4, 0.5) is 11.6 Å². The molecule has 0 bridgehead atoms. The van der Waals surface area contributed by atoms with Gasteiger partial charge in [0.1, 0.15) is 17.6 Å². The second kappa shape index (κ2) is 11.3. The quantitative estimate of drug-likeness (QED) is 0.352. The van der Waals surface area contributed by atoms with Gasteiger partial charge in [0.25, 0.3) is 5.56 Å². The first-order valence-electron chi connectivity index (χ1n) is 11.1. The number of ketones is 1. The third-order valence-electron chi connectivity index (χ3n) is 5.24. The van der Waals surface area contributed by atoms with Crippen LogP contribution < -0.4 is 15.6 Å². The highest BCUT2D eigenvalue weighted by atomic mass is 35.5. The number of Topliss-reactive ketones (excluding diaryl/α,β-unsaturated/α-hetero) is 1. The molecule has 0 atom stereocenters. The molecule has 36 heavy (non-hydrogen) atoms. The van der Waals surface area contributed by atoms with Gasteiger partial charge in [-0.2, -0.15) is 5.26 Å². The number of anilines is 2.